The maximum Gasteiger partial charge on any atom is 0.243 e. The number of unbranched alkanes of at least 4 members (excludes halogenated alkanes) is 1. The molecule has 0 saturated heterocycles. The standard InChI is InChI=1S/C11H22N2O4S/c1-4-11(14)12-7-9-13(2,3)8-5-6-10-18(15,16)17/h4H,1,5-10H2,2-3H3,(H-,12,14,15,16,17). The predicted molar refractivity (Wildman–Crippen MR) is 68.8 cm³/mol. The molecule has 0 fully saturated rings. The molecule has 6 nitrogen and oxygen atoms in total. The van der Waals surface area contributed by atoms with E-state index in [1.165, 1.54) is 6.08 Å². The molecular formula is C11H22N2O4S. The lowest BCUT2D eigenvalue weighted by molar-refractivity contribution is -0.889. The summed E-state index contributed by atoms with van der Waals surface area (Å²) in [5.74, 6) is -0.507. The van der Waals surface area contributed by atoms with Gasteiger partial charge in [-0.15, -0.1) is 0 Å². The van der Waals surface area contributed by atoms with E-state index in [-0.39, 0.29) is 11.7 Å². The quantitative estimate of drug-likeness (QED) is 0.271. The van der Waals surface area contributed by atoms with Crippen LogP contribution < -0.4 is 5.32 Å². The lowest BCUT2D eigenvalue weighted by Gasteiger charge is -2.29. The topological polar surface area (TPSA) is 86.3 Å². The smallest absolute Gasteiger partial charge is 0.243 e. The van der Waals surface area contributed by atoms with Crippen molar-refractivity contribution >= 4 is 16.0 Å². The predicted octanol–water partition coefficient (Wildman–Crippen LogP) is -0.310. The number of likely N-dealkylation sites (N-methyl/N-ethyl adjacent to an activating group) is 1. The van der Waals surface area contributed by atoms with Gasteiger partial charge in [0, 0.05) is 5.75 Å². The zero-order chi connectivity index (χ0) is 14.2. The Labute approximate surface area is 109 Å². The summed E-state index contributed by atoms with van der Waals surface area (Å²) in [6, 6.07) is 0. The molecule has 106 valence electrons. The molecule has 0 rings (SSSR count). The lowest BCUT2D eigenvalue weighted by atomic mass is 10.3. The normalized spacial score (nSPS) is 12.2. The molecule has 0 saturated carbocycles. The second kappa shape index (κ2) is 7.50. The Balaban J connectivity index is 3.79. The van der Waals surface area contributed by atoms with Crippen molar-refractivity contribution in [2.75, 3.05) is 39.5 Å². The first-order valence-electron chi connectivity index (χ1n) is 5.82. The minimum Gasteiger partial charge on any atom is -0.748 e. The summed E-state index contributed by atoms with van der Waals surface area (Å²) < 4.78 is 31.9. The van der Waals surface area contributed by atoms with Crippen LogP contribution in [0.25, 0.3) is 0 Å². The minimum absolute atomic E-state index is 0.201. The van der Waals surface area contributed by atoms with Crippen molar-refractivity contribution < 1.29 is 22.2 Å². The Hall–Kier alpha value is -0.920. The Morgan fingerprint density at radius 1 is 1.33 bits per heavy atom. The van der Waals surface area contributed by atoms with Crippen LogP contribution in [0.15, 0.2) is 12.7 Å². The van der Waals surface area contributed by atoms with Gasteiger partial charge in [0.25, 0.3) is 0 Å². The van der Waals surface area contributed by atoms with E-state index in [0.717, 1.165) is 13.1 Å². The average Bonchev–Trinajstić information content (AvgIpc) is 2.23. The molecule has 0 radical (unpaired) electrons. The summed E-state index contributed by atoms with van der Waals surface area (Å²) in [4.78, 5) is 10.9. The summed E-state index contributed by atoms with van der Waals surface area (Å²) >= 11 is 0. The lowest BCUT2D eigenvalue weighted by Crippen LogP contribution is -2.45. The van der Waals surface area contributed by atoms with Crippen molar-refractivity contribution in [1.29, 1.82) is 0 Å². The van der Waals surface area contributed by atoms with Crippen molar-refractivity contribution in [2.24, 2.45) is 0 Å². The molecule has 0 heterocycles. The van der Waals surface area contributed by atoms with Crippen LogP contribution in [0.1, 0.15) is 12.8 Å². The van der Waals surface area contributed by atoms with Crippen molar-refractivity contribution in [3.63, 3.8) is 0 Å². The maximum absolute atomic E-state index is 10.9. The fraction of sp³-hybridized carbons (Fsp3) is 0.727. The molecule has 18 heavy (non-hydrogen) atoms. The molecule has 7 heteroatoms. The van der Waals surface area contributed by atoms with E-state index in [9.17, 15) is 17.8 Å². The summed E-state index contributed by atoms with van der Waals surface area (Å²) in [5, 5.41) is 2.68. The van der Waals surface area contributed by atoms with E-state index in [0.29, 0.717) is 23.9 Å². The third-order valence-corrected chi connectivity index (χ3v) is 3.40. The third-order valence-electron chi connectivity index (χ3n) is 2.61. The van der Waals surface area contributed by atoms with Crippen LogP contribution in [0.2, 0.25) is 0 Å². The fourth-order valence-corrected chi connectivity index (χ4v) is 2.04. The van der Waals surface area contributed by atoms with E-state index in [1.807, 2.05) is 14.1 Å². The van der Waals surface area contributed by atoms with Gasteiger partial charge in [-0.05, 0) is 18.9 Å². The Bertz CT molecular complexity index is 377. The van der Waals surface area contributed by atoms with Gasteiger partial charge in [-0.2, -0.15) is 0 Å². The number of carbonyl (C=O) groups is 1. The van der Waals surface area contributed by atoms with Crippen LogP contribution in [-0.2, 0) is 14.9 Å². The van der Waals surface area contributed by atoms with Gasteiger partial charge < -0.3 is 14.4 Å². The monoisotopic (exact) mass is 278 g/mol. The number of nitrogens with one attached hydrogen (secondary N) is 1. The number of nitrogens with zero attached hydrogens (tertiary/aromatic N) is 1. The summed E-state index contributed by atoms with van der Waals surface area (Å²) in [5.41, 5.74) is 0. The highest BCUT2D eigenvalue weighted by Gasteiger charge is 2.14. The molecule has 1 amide bonds. The van der Waals surface area contributed by atoms with Crippen LogP contribution >= 0.6 is 0 Å². The number of amides is 1. The van der Waals surface area contributed by atoms with Crippen LogP contribution in [-0.4, -0.2) is 62.8 Å². The van der Waals surface area contributed by atoms with Crippen LogP contribution in [0.5, 0.6) is 0 Å². The first-order chi connectivity index (χ1) is 8.16. The second-order valence-corrected chi connectivity index (χ2v) is 6.37. The molecule has 0 aromatic rings. The number of carbonyl (C=O) groups excluding carboxylic acids is 1. The first-order valence-corrected chi connectivity index (χ1v) is 7.40. The zero-order valence-corrected chi connectivity index (χ0v) is 11.8. The van der Waals surface area contributed by atoms with Gasteiger partial charge in [-0.1, -0.05) is 6.58 Å². The molecular weight excluding hydrogens is 256 g/mol. The van der Waals surface area contributed by atoms with Gasteiger partial charge >= 0.3 is 0 Å². The SMILES string of the molecule is C=CC(=O)NCC[N+](C)(C)CCCCS(=O)(=O)[O-]. The van der Waals surface area contributed by atoms with Crippen molar-refractivity contribution in [3.8, 4) is 0 Å². The third kappa shape index (κ3) is 10.2. The molecule has 0 unspecified atom stereocenters. The van der Waals surface area contributed by atoms with Gasteiger partial charge in [0.05, 0.1) is 43.8 Å². The van der Waals surface area contributed by atoms with Gasteiger partial charge in [0.1, 0.15) is 0 Å². The number of hydrogen-bond acceptors (Lipinski definition) is 4. The molecule has 0 bridgehead atoms. The van der Waals surface area contributed by atoms with E-state index in [1.54, 1.807) is 0 Å². The summed E-state index contributed by atoms with van der Waals surface area (Å²) in [6.45, 7) is 5.40. The molecule has 0 spiro atoms. The molecule has 1 N–H and O–H groups in total. The number of hydrogen-bond donors (Lipinski definition) is 1. The largest absolute Gasteiger partial charge is 0.748 e. The highest BCUT2D eigenvalue weighted by atomic mass is 32.2. The molecule has 0 aromatic carbocycles. The Morgan fingerprint density at radius 2 is 1.94 bits per heavy atom. The average molecular weight is 278 g/mol. The summed E-state index contributed by atoms with van der Waals surface area (Å²) in [7, 11) is -0.115. The highest BCUT2D eigenvalue weighted by Crippen LogP contribution is 2.02. The van der Waals surface area contributed by atoms with E-state index in [2.05, 4.69) is 11.9 Å². The number of rotatable bonds is 9. The Morgan fingerprint density at radius 3 is 2.44 bits per heavy atom. The highest BCUT2D eigenvalue weighted by molar-refractivity contribution is 7.85. The summed E-state index contributed by atoms with van der Waals surface area (Å²) in [6.07, 6.45) is 2.27. The molecule has 0 aromatic heterocycles. The van der Waals surface area contributed by atoms with Crippen LogP contribution in [0.4, 0.5) is 0 Å². The van der Waals surface area contributed by atoms with Gasteiger partial charge in [-0.3, -0.25) is 4.79 Å². The number of quaternary nitrogens is 1. The maximum atomic E-state index is 10.9. The van der Waals surface area contributed by atoms with Gasteiger partial charge in [0.2, 0.25) is 5.91 Å². The van der Waals surface area contributed by atoms with Crippen molar-refractivity contribution in [2.45, 2.75) is 12.8 Å². The fourth-order valence-electron chi connectivity index (χ4n) is 1.48. The zero-order valence-electron chi connectivity index (χ0n) is 11.0. The molecule has 0 atom stereocenters. The second-order valence-electron chi connectivity index (χ2n) is 4.85. The van der Waals surface area contributed by atoms with E-state index >= 15 is 0 Å². The molecule has 0 aliphatic rings. The molecule has 0 aliphatic carbocycles. The van der Waals surface area contributed by atoms with Crippen molar-refractivity contribution in [3.05, 3.63) is 12.7 Å². The van der Waals surface area contributed by atoms with Crippen LogP contribution in [0, 0.1) is 0 Å². The Kier molecular flexibility index (Phi) is 7.12. The van der Waals surface area contributed by atoms with Gasteiger partial charge in [-0.25, -0.2) is 8.42 Å². The minimum atomic E-state index is -4.10. The van der Waals surface area contributed by atoms with Crippen molar-refractivity contribution in [1.82, 2.24) is 5.32 Å². The van der Waals surface area contributed by atoms with Crippen LogP contribution in [0.3, 0.4) is 0 Å². The molecule has 0 aliphatic heterocycles. The van der Waals surface area contributed by atoms with E-state index in [4.69, 9.17) is 0 Å². The van der Waals surface area contributed by atoms with Gasteiger partial charge in [0.15, 0.2) is 0 Å². The van der Waals surface area contributed by atoms with E-state index < -0.39 is 10.1 Å². The first kappa shape index (κ1) is 17.1.